The van der Waals surface area contributed by atoms with Gasteiger partial charge in [-0.2, -0.15) is 5.10 Å². The molecule has 4 rings (SSSR count). The molecule has 5 nitrogen and oxygen atoms in total. The number of halogens is 2. The van der Waals surface area contributed by atoms with Crippen LogP contribution in [0.25, 0.3) is 11.3 Å². The van der Waals surface area contributed by atoms with Gasteiger partial charge in [-0.1, -0.05) is 48.9 Å². The molecule has 0 bridgehead atoms. The zero-order valence-corrected chi connectivity index (χ0v) is 19.8. The van der Waals surface area contributed by atoms with Crippen molar-refractivity contribution < 1.29 is 13.9 Å². The van der Waals surface area contributed by atoms with Crippen molar-refractivity contribution in [3.63, 3.8) is 0 Å². The van der Waals surface area contributed by atoms with Crippen molar-refractivity contribution in [1.82, 2.24) is 14.7 Å². The molecule has 0 radical (unpaired) electrons. The lowest BCUT2D eigenvalue weighted by atomic mass is 10.1. The zero-order valence-electron chi connectivity index (χ0n) is 19.0. The van der Waals surface area contributed by atoms with Crippen LogP contribution in [0.15, 0.2) is 78.9 Å². The summed E-state index contributed by atoms with van der Waals surface area (Å²) >= 11 is 6.03. The minimum Gasteiger partial charge on any atom is -0.439 e. The summed E-state index contributed by atoms with van der Waals surface area (Å²) in [6.45, 7) is 2.82. The molecule has 0 N–H and O–H groups in total. The first-order valence-electron chi connectivity index (χ1n) is 11.1. The third kappa shape index (κ3) is 5.29. The van der Waals surface area contributed by atoms with Crippen LogP contribution in [0.2, 0.25) is 5.02 Å². The van der Waals surface area contributed by atoms with Gasteiger partial charge in [0.1, 0.15) is 17.3 Å². The number of ether oxygens (including phenoxy) is 1. The molecule has 0 unspecified atom stereocenters. The third-order valence-electron chi connectivity index (χ3n) is 5.38. The molecule has 3 aromatic carbocycles. The standard InChI is InChI=1S/C27H25ClFN3O2/c1-3-17-32(26(33)20-9-13-22(29)14-10-20)18-24-25(19-7-5-4-6-8-19)30-31(2)27(24)34-23-15-11-21(28)12-16-23/h4-16H,3,17-18H2,1-2H3. The fourth-order valence-electron chi connectivity index (χ4n) is 3.75. The molecule has 7 heteroatoms. The highest BCUT2D eigenvalue weighted by Crippen LogP contribution is 2.34. The van der Waals surface area contributed by atoms with Crippen LogP contribution in [0, 0.1) is 5.82 Å². The Kier molecular flexibility index (Phi) is 7.28. The van der Waals surface area contributed by atoms with Crippen LogP contribution in [-0.4, -0.2) is 27.1 Å². The summed E-state index contributed by atoms with van der Waals surface area (Å²) in [5.74, 6) is 0.590. The number of benzene rings is 3. The van der Waals surface area contributed by atoms with E-state index in [0.29, 0.717) is 28.8 Å². The van der Waals surface area contributed by atoms with Crippen LogP contribution in [0.4, 0.5) is 4.39 Å². The maximum atomic E-state index is 13.4. The van der Waals surface area contributed by atoms with Gasteiger partial charge in [0, 0.05) is 29.7 Å². The van der Waals surface area contributed by atoms with E-state index in [9.17, 15) is 9.18 Å². The van der Waals surface area contributed by atoms with Crippen LogP contribution >= 0.6 is 11.6 Å². The van der Waals surface area contributed by atoms with E-state index in [-0.39, 0.29) is 18.3 Å². The summed E-state index contributed by atoms with van der Waals surface area (Å²) in [6.07, 6.45) is 0.765. The monoisotopic (exact) mass is 477 g/mol. The lowest BCUT2D eigenvalue weighted by Gasteiger charge is -2.23. The Balaban J connectivity index is 1.75. The fourth-order valence-corrected chi connectivity index (χ4v) is 3.88. The molecule has 34 heavy (non-hydrogen) atoms. The number of aromatic nitrogens is 2. The molecule has 0 aliphatic heterocycles. The van der Waals surface area contributed by atoms with E-state index in [1.165, 1.54) is 24.3 Å². The summed E-state index contributed by atoms with van der Waals surface area (Å²) < 4.78 is 21.3. The average Bonchev–Trinajstić information content (AvgIpc) is 3.15. The Bertz CT molecular complexity index is 1260. The van der Waals surface area contributed by atoms with Crippen molar-refractivity contribution in [3.05, 3.63) is 101 Å². The molecule has 4 aromatic rings. The molecule has 0 spiro atoms. The fraction of sp³-hybridized carbons (Fsp3) is 0.185. The predicted octanol–water partition coefficient (Wildman–Crippen LogP) is 6.72. The lowest BCUT2D eigenvalue weighted by Crippen LogP contribution is -2.31. The van der Waals surface area contributed by atoms with E-state index in [1.54, 1.807) is 33.8 Å². The number of hydrogen-bond acceptors (Lipinski definition) is 3. The lowest BCUT2D eigenvalue weighted by molar-refractivity contribution is 0.0742. The second-order valence-electron chi connectivity index (χ2n) is 7.91. The summed E-state index contributed by atoms with van der Waals surface area (Å²) in [5, 5.41) is 5.34. The highest BCUT2D eigenvalue weighted by molar-refractivity contribution is 6.30. The van der Waals surface area contributed by atoms with E-state index in [4.69, 9.17) is 21.4 Å². The average molecular weight is 478 g/mol. The van der Waals surface area contributed by atoms with E-state index >= 15 is 0 Å². The predicted molar refractivity (Wildman–Crippen MR) is 132 cm³/mol. The molecule has 0 aliphatic rings. The Morgan fingerprint density at radius 3 is 2.35 bits per heavy atom. The summed E-state index contributed by atoms with van der Waals surface area (Å²) in [7, 11) is 1.81. The molecular weight excluding hydrogens is 453 g/mol. The van der Waals surface area contributed by atoms with Crippen molar-refractivity contribution in [3.8, 4) is 22.9 Å². The Hall–Kier alpha value is -3.64. The van der Waals surface area contributed by atoms with E-state index in [1.807, 2.05) is 44.3 Å². The Morgan fingerprint density at radius 2 is 1.71 bits per heavy atom. The zero-order chi connectivity index (χ0) is 24.1. The summed E-state index contributed by atoms with van der Waals surface area (Å²) in [4.78, 5) is 15.1. The molecule has 0 saturated carbocycles. The van der Waals surface area contributed by atoms with Gasteiger partial charge in [0.25, 0.3) is 5.91 Å². The number of aryl methyl sites for hydroxylation is 1. The van der Waals surface area contributed by atoms with Gasteiger partial charge in [-0.25, -0.2) is 9.07 Å². The van der Waals surface area contributed by atoms with Crippen molar-refractivity contribution in [2.24, 2.45) is 7.05 Å². The number of amides is 1. The van der Waals surface area contributed by atoms with Crippen LogP contribution in [0.1, 0.15) is 29.3 Å². The molecular formula is C27H25ClFN3O2. The number of carbonyl (C=O) groups is 1. The summed E-state index contributed by atoms with van der Waals surface area (Å²) in [6, 6.07) is 22.5. The van der Waals surface area contributed by atoms with Crippen molar-refractivity contribution >= 4 is 17.5 Å². The first-order chi connectivity index (χ1) is 16.5. The maximum Gasteiger partial charge on any atom is 0.254 e. The number of nitrogens with zero attached hydrogens (tertiary/aromatic N) is 3. The minimum absolute atomic E-state index is 0.179. The first kappa shape index (κ1) is 23.5. The topological polar surface area (TPSA) is 47.4 Å². The molecule has 1 amide bonds. The smallest absolute Gasteiger partial charge is 0.254 e. The molecule has 0 saturated heterocycles. The quantitative estimate of drug-likeness (QED) is 0.283. The van der Waals surface area contributed by atoms with Gasteiger partial charge in [-0.15, -0.1) is 0 Å². The molecule has 0 aliphatic carbocycles. The highest BCUT2D eigenvalue weighted by atomic mass is 35.5. The number of carbonyl (C=O) groups excluding carboxylic acids is 1. The molecule has 1 aromatic heterocycles. The van der Waals surface area contributed by atoms with E-state index in [2.05, 4.69) is 0 Å². The van der Waals surface area contributed by atoms with Gasteiger partial charge < -0.3 is 9.64 Å². The largest absolute Gasteiger partial charge is 0.439 e. The van der Waals surface area contributed by atoms with Gasteiger partial charge in [-0.3, -0.25) is 4.79 Å². The molecule has 0 atom stereocenters. The maximum absolute atomic E-state index is 13.4. The minimum atomic E-state index is -0.379. The number of rotatable bonds is 8. The molecule has 0 fully saturated rings. The Morgan fingerprint density at radius 1 is 1.03 bits per heavy atom. The molecule has 1 heterocycles. The van der Waals surface area contributed by atoms with E-state index < -0.39 is 0 Å². The normalized spacial score (nSPS) is 10.8. The highest BCUT2D eigenvalue weighted by Gasteiger charge is 2.25. The number of hydrogen-bond donors (Lipinski definition) is 0. The van der Waals surface area contributed by atoms with Crippen molar-refractivity contribution in [1.29, 1.82) is 0 Å². The second kappa shape index (κ2) is 10.5. The van der Waals surface area contributed by atoms with Crippen molar-refractivity contribution in [2.45, 2.75) is 19.9 Å². The van der Waals surface area contributed by atoms with Gasteiger partial charge in [0.15, 0.2) is 0 Å². The van der Waals surface area contributed by atoms with Gasteiger partial charge in [0.2, 0.25) is 5.88 Å². The second-order valence-corrected chi connectivity index (χ2v) is 8.35. The SMILES string of the molecule is CCCN(Cc1c(-c2ccccc2)nn(C)c1Oc1ccc(Cl)cc1)C(=O)c1ccc(F)cc1. The molecule has 174 valence electrons. The summed E-state index contributed by atoms with van der Waals surface area (Å²) in [5.41, 5.74) is 2.87. The first-order valence-corrected chi connectivity index (χ1v) is 11.4. The van der Waals surface area contributed by atoms with Crippen molar-refractivity contribution in [2.75, 3.05) is 6.54 Å². The van der Waals surface area contributed by atoms with Crippen LogP contribution in [0.5, 0.6) is 11.6 Å². The van der Waals surface area contributed by atoms with Gasteiger partial charge in [0.05, 0.1) is 12.1 Å². The van der Waals surface area contributed by atoms with Crippen LogP contribution in [-0.2, 0) is 13.6 Å². The van der Waals surface area contributed by atoms with E-state index in [0.717, 1.165) is 23.2 Å². The van der Waals surface area contributed by atoms with Crippen LogP contribution in [0.3, 0.4) is 0 Å². The van der Waals surface area contributed by atoms with Gasteiger partial charge >= 0.3 is 0 Å². The Labute approximate surface area is 203 Å². The van der Waals surface area contributed by atoms with Crippen LogP contribution < -0.4 is 4.74 Å². The third-order valence-corrected chi connectivity index (χ3v) is 5.64. The van der Waals surface area contributed by atoms with Gasteiger partial charge in [-0.05, 0) is 55.0 Å².